The second kappa shape index (κ2) is 10.5. The Morgan fingerprint density at radius 3 is 2.49 bits per heavy atom. The summed E-state index contributed by atoms with van der Waals surface area (Å²) >= 11 is 3.45. The zero-order valence-corrected chi connectivity index (χ0v) is 21.1. The Bertz CT molecular complexity index is 1330. The largest absolute Gasteiger partial charge is 0.361 e. The number of carbonyl (C=O) groups is 2. The van der Waals surface area contributed by atoms with Gasteiger partial charge in [-0.1, -0.05) is 70.5 Å². The summed E-state index contributed by atoms with van der Waals surface area (Å²) in [7, 11) is 0. The van der Waals surface area contributed by atoms with Crippen molar-refractivity contribution in [1.29, 1.82) is 0 Å². The molecule has 1 aliphatic carbocycles. The van der Waals surface area contributed by atoms with Gasteiger partial charge >= 0.3 is 0 Å². The number of para-hydroxylation sites is 1. The minimum absolute atomic E-state index is 0.0241. The van der Waals surface area contributed by atoms with Gasteiger partial charge in [-0.2, -0.15) is 0 Å². The summed E-state index contributed by atoms with van der Waals surface area (Å²) in [6, 6.07) is 25.8. The van der Waals surface area contributed by atoms with E-state index in [2.05, 4.69) is 33.0 Å². The van der Waals surface area contributed by atoms with Crippen molar-refractivity contribution < 1.29 is 9.59 Å². The van der Waals surface area contributed by atoms with Crippen molar-refractivity contribution in [2.75, 3.05) is 13.1 Å². The van der Waals surface area contributed by atoms with Crippen LogP contribution >= 0.6 is 15.9 Å². The van der Waals surface area contributed by atoms with Gasteiger partial charge in [0.05, 0.1) is 0 Å². The van der Waals surface area contributed by atoms with Gasteiger partial charge < -0.3 is 14.8 Å². The van der Waals surface area contributed by atoms with Crippen LogP contribution in [0.5, 0.6) is 0 Å². The number of nitrogens with zero attached hydrogens (tertiary/aromatic N) is 2. The molecule has 1 N–H and O–H groups in total. The fourth-order valence-electron chi connectivity index (χ4n) is 4.48. The molecule has 1 aromatic heterocycles. The molecular formula is C29H28BrN3O2. The first-order chi connectivity index (χ1) is 17.1. The third kappa shape index (κ3) is 5.65. The number of rotatable bonds is 9. The highest BCUT2D eigenvalue weighted by Gasteiger charge is 2.35. The topological polar surface area (TPSA) is 56.4 Å². The van der Waals surface area contributed by atoms with E-state index in [-0.39, 0.29) is 24.4 Å². The van der Waals surface area contributed by atoms with Gasteiger partial charge in [0.2, 0.25) is 5.91 Å². The number of halogens is 1. The maximum absolute atomic E-state index is 13.6. The van der Waals surface area contributed by atoms with E-state index in [1.165, 1.54) is 10.9 Å². The van der Waals surface area contributed by atoms with Crippen LogP contribution in [0.15, 0.2) is 89.5 Å². The van der Waals surface area contributed by atoms with Crippen LogP contribution in [0.2, 0.25) is 0 Å². The number of nitrogens with one attached hydrogen (secondary N) is 1. The molecule has 0 spiro atoms. The molecule has 0 radical (unpaired) electrons. The summed E-state index contributed by atoms with van der Waals surface area (Å²) in [6.45, 7) is 1.20. The normalized spacial score (nSPS) is 13.1. The molecule has 5 nitrogen and oxygen atoms in total. The number of hydrogen-bond acceptors (Lipinski definition) is 2. The summed E-state index contributed by atoms with van der Waals surface area (Å²) < 4.78 is 0.856. The van der Waals surface area contributed by atoms with Gasteiger partial charge in [-0.15, -0.1) is 0 Å². The average Bonchev–Trinajstić information content (AvgIpc) is 3.64. The van der Waals surface area contributed by atoms with Crippen molar-refractivity contribution in [3.63, 3.8) is 0 Å². The molecule has 178 valence electrons. The van der Waals surface area contributed by atoms with Crippen LogP contribution in [-0.4, -0.2) is 45.7 Å². The number of carbonyl (C=O) groups excluding carboxylic acids is 2. The Morgan fingerprint density at radius 1 is 0.943 bits per heavy atom. The molecule has 0 bridgehead atoms. The van der Waals surface area contributed by atoms with E-state index in [1.807, 2.05) is 77.8 Å². The van der Waals surface area contributed by atoms with Gasteiger partial charge in [0.15, 0.2) is 0 Å². The Balaban J connectivity index is 1.34. The van der Waals surface area contributed by atoms with Crippen molar-refractivity contribution in [1.82, 2.24) is 14.8 Å². The highest BCUT2D eigenvalue weighted by atomic mass is 79.9. The first kappa shape index (κ1) is 23.4. The molecule has 0 aliphatic heterocycles. The van der Waals surface area contributed by atoms with Crippen molar-refractivity contribution in [2.24, 2.45) is 0 Å². The lowest BCUT2D eigenvalue weighted by molar-refractivity contribution is -0.132. The second-order valence-corrected chi connectivity index (χ2v) is 10.0. The molecule has 1 aliphatic rings. The molecule has 0 saturated heterocycles. The maximum atomic E-state index is 13.6. The number of benzene rings is 3. The fraction of sp³-hybridized carbons (Fsp3) is 0.241. The predicted molar refractivity (Wildman–Crippen MR) is 142 cm³/mol. The van der Waals surface area contributed by atoms with Crippen LogP contribution in [0.25, 0.3) is 10.9 Å². The van der Waals surface area contributed by atoms with Gasteiger partial charge in [-0.05, 0) is 54.7 Å². The average molecular weight is 530 g/mol. The van der Waals surface area contributed by atoms with Crippen LogP contribution in [0.1, 0.15) is 34.3 Å². The second-order valence-electron chi connectivity index (χ2n) is 9.08. The first-order valence-corrected chi connectivity index (χ1v) is 12.8. The number of aromatic nitrogens is 1. The van der Waals surface area contributed by atoms with E-state index >= 15 is 0 Å². The quantitative estimate of drug-likeness (QED) is 0.297. The van der Waals surface area contributed by atoms with Gasteiger partial charge in [-0.25, -0.2) is 0 Å². The molecule has 5 rings (SSSR count). The summed E-state index contributed by atoms with van der Waals surface area (Å²) in [5.74, 6) is -0.109. The Morgan fingerprint density at radius 2 is 1.71 bits per heavy atom. The summed E-state index contributed by atoms with van der Waals surface area (Å²) in [6.07, 6.45) is 4.66. The molecule has 1 fully saturated rings. The summed E-state index contributed by atoms with van der Waals surface area (Å²) in [4.78, 5) is 33.9. The van der Waals surface area contributed by atoms with Crippen molar-refractivity contribution in [3.8, 4) is 0 Å². The SMILES string of the molecule is O=C(CN(C(=O)c1cccc(Br)c1)C1CC1)N(CCc1c[nH]c2ccccc12)Cc1ccccc1. The van der Waals surface area contributed by atoms with Crippen LogP contribution in [0, 0.1) is 0 Å². The monoisotopic (exact) mass is 529 g/mol. The highest BCUT2D eigenvalue weighted by Crippen LogP contribution is 2.29. The Hall–Kier alpha value is -3.38. The number of amides is 2. The van der Waals surface area contributed by atoms with E-state index < -0.39 is 0 Å². The van der Waals surface area contributed by atoms with Crippen LogP contribution < -0.4 is 0 Å². The summed E-state index contributed by atoms with van der Waals surface area (Å²) in [5, 5.41) is 1.18. The number of fused-ring (bicyclic) bond motifs is 1. The van der Waals surface area contributed by atoms with Crippen molar-refractivity contribution >= 4 is 38.6 Å². The Labute approximate surface area is 213 Å². The van der Waals surface area contributed by atoms with Crippen LogP contribution in [0.3, 0.4) is 0 Å². The minimum Gasteiger partial charge on any atom is -0.361 e. The molecule has 0 atom stereocenters. The molecule has 0 unspecified atom stereocenters. The van der Waals surface area contributed by atoms with Gasteiger partial charge in [-0.3, -0.25) is 9.59 Å². The van der Waals surface area contributed by atoms with Crippen molar-refractivity contribution in [3.05, 3.63) is 106 Å². The molecule has 1 heterocycles. The van der Waals surface area contributed by atoms with Gasteiger partial charge in [0.25, 0.3) is 5.91 Å². The third-order valence-electron chi connectivity index (χ3n) is 6.52. The van der Waals surface area contributed by atoms with Gasteiger partial charge in [0, 0.05) is 46.3 Å². The third-order valence-corrected chi connectivity index (χ3v) is 7.01. The molecular weight excluding hydrogens is 502 g/mol. The van der Waals surface area contributed by atoms with Crippen LogP contribution in [-0.2, 0) is 17.8 Å². The zero-order chi connectivity index (χ0) is 24.2. The van der Waals surface area contributed by atoms with E-state index in [0.717, 1.165) is 34.8 Å². The van der Waals surface area contributed by atoms with Crippen molar-refractivity contribution in [2.45, 2.75) is 31.8 Å². The molecule has 2 amide bonds. The number of aromatic amines is 1. The molecule has 3 aromatic carbocycles. The summed E-state index contributed by atoms with van der Waals surface area (Å²) in [5.41, 5.74) is 3.97. The minimum atomic E-state index is -0.0848. The van der Waals surface area contributed by atoms with E-state index in [1.54, 1.807) is 4.90 Å². The molecule has 6 heteroatoms. The predicted octanol–water partition coefficient (Wildman–Crippen LogP) is 5.81. The first-order valence-electron chi connectivity index (χ1n) is 12.0. The number of hydrogen-bond donors (Lipinski definition) is 1. The van der Waals surface area contributed by atoms with E-state index in [9.17, 15) is 9.59 Å². The highest BCUT2D eigenvalue weighted by molar-refractivity contribution is 9.10. The molecule has 4 aromatic rings. The Kier molecular flexibility index (Phi) is 7.00. The zero-order valence-electron chi connectivity index (χ0n) is 19.5. The lowest BCUT2D eigenvalue weighted by Crippen LogP contribution is -2.44. The van der Waals surface area contributed by atoms with Gasteiger partial charge in [0.1, 0.15) is 6.54 Å². The fourth-order valence-corrected chi connectivity index (χ4v) is 4.87. The lowest BCUT2D eigenvalue weighted by Gasteiger charge is -2.28. The standard InChI is InChI=1S/C29H28BrN3O2/c30-24-10-6-9-22(17-24)29(35)33(25-13-14-25)20-28(34)32(19-21-7-2-1-3-8-21)16-15-23-18-31-27-12-5-4-11-26(23)27/h1-12,17-18,25,31H,13-16,19-20H2. The smallest absolute Gasteiger partial charge is 0.254 e. The lowest BCUT2D eigenvalue weighted by atomic mass is 10.1. The number of H-pyrrole nitrogens is 1. The van der Waals surface area contributed by atoms with Crippen LogP contribution in [0.4, 0.5) is 0 Å². The molecule has 1 saturated carbocycles. The van der Waals surface area contributed by atoms with E-state index in [4.69, 9.17) is 0 Å². The maximum Gasteiger partial charge on any atom is 0.254 e. The molecule has 35 heavy (non-hydrogen) atoms. The van der Waals surface area contributed by atoms with E-state index in [0.29, 0.717) is 18.7 Å².